The average Bonchev–Trinajstić information content (AvgIpc) is 2.95. The summed E-state index contributed by atoms with van der Waals surface area (Å²) >= 11 is 3.37. The van der Waals surface area contributed by atoms with Gasteiger partial charge < -0.3 is 10.1 Å². The van der Waals surface area contributed by atoms with Crippen LogP contribution in [0.15, 0.2) is 22.7 Å². The Morgan fingerprint density at radius 1 is 1.50 bits per heavy atom. The Labute approximate surface area is 103 Å². The van der Waals surface area contributed by atoms with Gasteiger partial charge in [0.2, 0.25) is 0 Å². The first kappa shape index (κ1) is 11.5. The molecule has 0 heterocycles. The first-order valence-corrected chi connectivity index (χ1v) is 5.99. The molecule has 0 spiro atoms. The van der Waals surface area contributed by atoms with Crippen LogP contribution in [0.1, 0.15) is 30.1 Å². The molecule has 1 aromatic carbocycles. The molecule has 1 aliphatic carbocycles. The largest absolute Gasteiger partial charge is 0.496 e. The molecule has 16 heavy (non-hydrogen) atoms. The highest BCUT2D eigenvalue weighted by atomic mass is 79.9. The van der Waals surface area contributed by atoms with Gasteiger partial charge in [-0.05, 0) is 53.9 Å². The van der Waals surface area contributed by atoms with Crippen LogP contribution < -0.4 is 10.1 Å². The number of amides is 1. The fourth-order valence-electron chi connectivity index (χ4n) is 1.47. The van der Waals surface area contributed by atoms with Crippen LogP contribution in [0.25, 0.3) is 0 Å². The van der Waals surface area contributed by atoms with Gasteiger partial charge in [0, 0.05) is 11.1 Å². The summed E-state index contributed by atoms with van der Waals surface area (Å²) in [5, 5.41) is 3.01. The Bertz CT molecular complexity index is 427. The molecule has 0 atom stereocenters. The van der Waals surface area contributed by atoms with Gasteiger partial charge in [0.1, 0.15) is 5.75 Å². The van der Waals surface area contributed by atoms with E-state index in [0.717, 1.165) is 23.1 Å². The van der Waals surface area contributed by atoms with Crippen LogP contribution in [-0.4, -0.2) is 18.6 Å². The van der Waals surface area contributed by atoms with Gasteiger partial charge in [-0.3, -0.25) is 4.79 Å². The van der Waals surface area contributed by atoms with Crippen molar-refractivity contribution >= 4 is 21.8 Å². The Morgan fingerprint density at radius 2 is 2.19 bits per heavy atom. The minimum Gasteiger partial charge on any atom is -0.496 e. The summed E-state index contributed by atoms with van der Waals surface area (Å²) in [5.41, 5.74) is 0.671. The molecule has 0 saturated heterocycles. The van der Waals surface area contributed by atoms with Crippen molar-refractivity contribution < 1.29 is 9.53 Å². The monoisotopic (exact) mass is 283 g/mol. The van der Waals surface area contributed by atoms with Gasteiger partial charge in [-0.25, -0.2) is 0 Å². The van der Waals surface area contributed by atoms with E-state index in [9.17, 15) is 4.79 Å². The van der Waals surface area contributed by atoms with E-state index in [4.69, 9.17) is 4.74 Å². The number of methoxy groups -OCH3 is 1. The molecule has 0 bridgehead atoms. The number of benzene rings is 1. The van der Waals surface area contributed by atoms with Crippen molar-refractivity contribution in [2.75, 3.05) is 7.11 Å². The summed E-state index contributed by atoms with van der Waals surface area (Å²) in [7, 11) is 1.60. The molecular formula is C12H14BrNO2. The van der Waals surface area contributed by atoms with E-state index in [0.29, 0.717) is 5.56 Å². The van der Waals surface area contributed by atoms with Gasteiger partial charge in [-0.2, -0.15) is 0 Å². The number of ether oxygens (including phenoxy) is 1. The van der Waals surface area contributed by atoms with E-state index < -0.39 is 0 Å². The lowest BCUT2D eigenvalue weighted by Gasteiger charge is -2.12. The maximum absolute atomic E-state index is 11.9. The third kappa shape index (κ3) is 2.38. The van der Waals surface area contributed by atoms with Gasteiger partial charge in [0.05, 0.1) is 11.6 Å². The van der Waals surface area contributed by atoms with Crippen molar-refractivity contribution in [3.05, 3.63) is 28.2 Å². The first-order chi connectivity index (χ1) is 7.54. The first-order valence-electron chi connectivity index (χ1n) is 5.20. The van der Waals surface area contributed by atoms with Crippen LogP contribution in [0, 0.1) is 0 Å². The second-order valence-corrected chi connectivity index (χ2v) is 5.22. The van der Waals surface area contributed by atoms with Gasteiger partial charge in [0.15, 0.2) is 0 Å². The van der Waals surface area contributed by atoms with Crippen LogP contribution in [0.2, 0.25) is 0 Å². The number of hydrogen-bond donors (Lipinski definition) is 1. The third-order valence-electron chi connectivity index (χ3n) is 2.83. The molecular weight excluding hydrogens is 270 g/mol. The summed E-state index contributed by atoms with van der Waals surface area (Å²) in [6, 6.07) is 5.33. The van der Waals surface area contributed by atoms with E-state index in [1.807, 2.05) is 0 Å². The number of nitrogens with one attached hydrogen (secondary N) is 1. The average molecular weight is 284 g/mol. The van der Waals surface area contributed by atoms with Crippen LogP contribution in [0.3, 0.4) is 0 Å². The number of hydrogen-bond acceptors (Lipinski definition) is 2. The van der Waals surface area contributed by atoms with E-state index in [1.54, 1.807) is 25.3 Å². The molecule has 2 rings (SSSR count). The quantitative estimate of drug-likeness (QED) is 0.926. The fourth-order valence-corrected chi connectivity index (χ4v) is 2.01. The Kier molecular flexibility index (Phi) is 2.93. The number of halogens is 1. The summed E-state index contributed by atoms with van der Waals surface area (Å²) < 4.78 is 5.91. The third-order valence-corrected chi connectivity index (χ3v) is 3.45. The second kappa shape index (κ2) is 4.09. The lowest BCUT2D eigenvalue weighted by molar-refractivity contribution is 0.0935. The van der Waals surface area contributed by atoms with Gasteiger partial charge in [-0.15, -0.1) is 0 Å². The summed E-state index contributed by atoms with van der Waals surface area (Å²) in [6.45, 7) is 2.06. The smallest absolute Gasteiger partial charge is 0.251 e. The minimum atomic E-state index is -0.0247. The van der Waals surface area contributed by atoms with Crippen molar-refractivity contribution in [2.24, 2.45) is 0 Å². The van der Waals surface area contributed by atoms with E-state index in [2.05, 4.69) is 28.2 Å². The van der Waals surface area contributed by atoms with Crippen molar-refractivity contribution in [2.45, 2.75) is 25.3 Å². The van der Waals surface area contributed by atoms with E-state index in [-0.39, 0.29) is 11.4 Å². The van der Waals surface area contributed by atoms with Crippen molar-refractivity contribution in [3.8, 4) is 5.75 Å². The zero-order chi connectivity index (χ0) is 11.8. The molecule has 0 aliphatic heterocycles. The molecule has 1 saturated carbocycles. The lowest BCUT2D eigenvalue weighted by atomic mass is 10.2. The minimum absolute atomic E-state index is 0.0173. The topological polar surface area (TPSA) is 38.3 Å². The summed E-state index contributed by atoms with van der Waals surface area (Å²) in [5.74, 6) is 0.706. The Balaban J connectivity index is 2.14. The molecule has 3 nitrogen and oxygen atoms in total. The van der Waals surface area contributed by atoms with E-state index >= 15 is 0 Å². The van der Waals surface area contributed by atoms with Crippen LogP contribution >= 0.6 is 15.9 Å². The summed E-state index contributed by atoms with van der Waals surface area (Å²) in [4.78, 5) is 11.9. The van der Waals surface area contributed by atoms with Gasteiger partial charge in [-0.1, -0.05) is 0 Å². The molecule has 86 valence electrons. The normalized spacial score (nSPS) is 16.7. The zero-order valence-electron chi connectivity index (χ0n) is 9.34. The number of rotatable bonds is 3. The maximum Gasteiger partial charge on any atom is 0.251 e. The lowest BCUT2D eigenvalue weighted by Crippen LogP contribution is -2.34. The number of carbonyl (C=O) groups is 1. The molecule has 0 aromatic heterocycles. The Morgan fingerprint density at radius 3 is 2.69 bits per heavy atom. The highest BCUT2D eigenvalue weighted by molar-refractivity contribution is 9.10. The van der Waals surface area contributed by atoms with Crippen molar-refractivity contribution in [1.82, 2.24) is 5.32 Å². The molecule has 0 unspecified atom stereocenters. The standard InChI is InChI=1S/C12H14BrNO2/c1-12(5-6-12)14-11(15)8-3-4-10(16-2)9(13)7-8/h3-4,7H,5-6H2,1-2H3,(H,14,15). The maximum atomic E-state index is 11.9. The van der Waals surface area contributed by atoms with Gasteiger partial charge in [0.25, 0.3) is 5.91 Å². The molecule has 1 amide bonds. The van der Waals surface area contributed by atoms with Crippen molar-refractivity contribution in [1.29, 1.82) is 0 Å². The zero-order valence-corrected chi connectivity index (χ0v) is 10.9. The van der Waals surface area contributed by atoms with E-state index in [1.165, 1.54) is 0 Å². The SMILES string of the molecule is COc1ccc(C(=O)NC2(C)CC2)cc1Br. The predicted octanol–water partition coefficient (Wildman–Crippen LogP) is 2.74. The summed E-state index contributed by atoms with van der Waals surface area (Å²) in [6.07, 6.45) is 2.13. The molecule has 1 aromatic rings. The van der Waals surface area contributed by atoms with Gasteiger partial charge >= 0.3 is 0 Å². The highest BCUT2D eigenvalue weighted by Crippen LogP contribution is 2.34. The van der Waals surface area contributed by atoms with Crippen LogP contribution in [0.4, 0.5) is 0 Å². The van der Waals surface area contributed by atoms with Crippen molar-refractivity contribution in [3.63, 3.8) is 0 Å². The molecule has 1 fully saturated rings. The predicted molar refractivity (Wildman–Crippen MR) is 65.8 cm³/mol. The second-order valence-electron chi connectivity index (χ2n) is 4.36. The molecule has 0 radical (unpaired) electrons. The van der Waals surface area contributed by atoms with Crippen LogP contribution in [0.5, 0.6) is 5.75 Å². The molecule has 1 N–H and O–H groups in total. The Hall–Kier alpha value is -1.03. The molecule has 4 heteroatoms. The molecule has 1 aliphatic rings. The van der Waals surface area contributed by atoms with Crippen LogP contribution in [-0.2, 0) is 0 Å². The fraction of sp³-hybridized carbons (Fsp3) is 0.417. The number of carbonyl (C=O) groups excluding carboxylic acids is 1. The highest BCUT2D eigenvalue weighted by Gasteiger charge is 2.38.